The summed E-state index contributed by atoms with van der Waals surface area (Å²) < 4.78 is 34.1. The zero-order valence-electron chi connectivity index (χ0n) is 20.1. The number of hydrogen-bond acceptors (Lipinski definition) is 0. The van der Waals surface area contributed by atoms with Crippen LogP contribution in [0.2, 0.25) is 0 Å². The lowest BCUT2D eigenvalue weighted by Crippen LogP contribution is -2.31. The van der Waals surface area contributed by atoms with E-state index in [9.17, 15) is 0 Å². The highest BCUT2D eigenvalue weighted by Crippen LogP contribution is 2.52. The molecule has 1 nitrogen and oxygen atoms in total. The van der Waals surface area contributed by atoms with Crippen LogP contribution in [0.1, 0.15) is 61.3 Å². The molecule has 0 N–H and O–H groups in total. The Bertz CT molecular complexity index is 1160. The molecule has 1 heterocycles. The SMILES string of the molecule is [2H]C([2H])([2H])C([2H])(C)c1cc[n+](C)c(-c2c(C)ccc3c2-c2ccccc2C3(C)C)c1. The highest BCUT2D eigenvalue weighted by atomic mass is 14.9. The fraction of sp³-hybridized carbons (Fsp3) is 0.320. The largest absolute Gasteiger partial charge is 0.213 e. The summed E-state index contributed by atoms with van der Waals surface area (Å²) in [5, 5.41) is 0. The third-order valence-corrected chi connectivity index (χ3v) is 5.80. The monoisotopic (exact) mass is 346 g/mol. The minimum atomic E-state index is -2.41. The molecular formula is C25H28N+. The molecule has 1 aliphatic rings. The Morgan fingerprint density at radius 1 is 1.04 bits per heavy atom. The van der Waals surface area contributed by atoms with Gasteiger partial charge in [-0.2, -0.15) is 0 Å². The van der Waals surface area contributed by atoms with Crippen LogP contribution in [0.25, 0.3) is 22.4 Å². The van der Waals surface area contributed by atoms with Crippen LogP contribution in [-0.2, 0) is 12.5 Å². The molecule has 0 amide bonds. The molecule has 1 aliphatic carbocycles. The lowest BCUT2D eigenvalue weighted by molar-refractivity contribution is -0.660. The van der Waals surface area contributed by atoms with Gasteiger partial charge in [-0.25, -0.2) is 4.57 Å². The molecule has 132 valence electrons. The molecule has 1 aromatic heterocycles. The van der Waals surface area contributed by atoms with Crippen LogP contribution in [-0.4, -0.2) is 0 Å². The van der Waals surface area contributed by atoms with Gasteiger partial charge < -0.3 is 0 Å². The Morgan fingerprint density at radius 3 is 2.58 bits per heavy atom. The zero-order chi connectivity index (χ0) is 22.1. The fourth-order valence-electron chi connectivity index (χ4n) is 4.28. The first-order valence-electron chi connectivity index (χ1n) is 11.1. The molecule has 0 radical (unpaired) electrons. The van der Waals surface area contributed by atoms with E-state index in [2.05, 4.69) is 57.2 Å². The summed E-state index contributed by atoms with van der Waals surface area (Å²) >= 11 is 0. The molecule has 0 bridgehead atoms. The molecule has 3 aromatic rings. The average molecular weight is 347 g/mol. The van der Waals surface area contributed by atoms with Gasteiger partial charge >= 0.3 is 0 Å². The second-order valence-corrected chi connectivity index (χ2v) is 7.89. The summed E-state index contributed by atoms with van der Waals surface area (Å²) in [6, 6.07) is 16.5. The summed E-state index contributed by atoms with van der Waals surface area (Å²) in [5.41, 5.74) is 8.58. The van der Waals surface area contributed by atoms with Crippen LogP contribution in [0.15, 0.2) is 54.7 Å². The van der Waals surface area contributed by atoms with Crippen molar-refractivity contribution in [2.24, 2.45) is 7.05 Å². The highest BCUT2D eigenvalue weighted by molar-refractivity contribution is 5.92. The van der Waals surface area contributed by atoms with E-state index in [1.807, 2.05) is 23.9 Å². The molecule has 2 aromatic carbocycles. The van der Waals surface area contributed by atoms with Gasteiger partial charge in [0.15, 0.2) is 6.20 Å². The van der Waals surface area contributed by atoms with Gasteiger partial charge in [0.1, 0.15) is 7.05 Å². The van der Waals surface area contributed by atoms with Gasteiger partial charge in [0.2, 0.25) is 5.69 Å². The van der Waals surface area contributed by atoms with Gasteiger partial charge in [0.25, 0.3) is 0 Å². The van der Waals surface area contributed by atoms with Gasteiger partial charge in [0, 0.05) is 28.6 Å². The Labute approximate surface area is 163 Å². The minimum absolute atomic E-state index is 0.104. The van der Waals surface area contributed by atoms with E-state index in [1.165, 1.54) is 29.2 Å². The van der Waals surface area contributed by atoms with E-state index in [0.717, 1.165) is 16.8 Å². The summed E-state index contributed by atoms with van der Waals surface area (Å²) in [7, 11) is 1.97. The quantitative estimate of drug-likeness (QED) is 0.507. The van der Waals surface area contributed by atoms with E-state index in [4.69, 9.17) is 5.48 Å². The van der Waals surface area contributed by atoms with Crippen molar-refractivity contribution in [3.05, 3.63) is 77.0 Å². The predicted octanol–water partition coefficient (Wildman–Crippen LogP) is 5.92. The highest BCUT2D eigenvalue weighted by Gasteiger charge is 2.38. The van der Waals surface area contributed by atoms with Crippen molar-refractivity contribution in [1.29, 1.82) is 0 Å². The van der Waals surface area contributed by atoms with Crippen molar-refractivity contribution in [2.75, 3.05) is 0 Å². The van der Waals surface area contributed by atoms with E-state index >= 15 is 0 Å². The zero-order valence-corrected chi connectivity index (χ0v) is 16.1. The number of fused-ring (bicyclic) bond motifs is 3. The number of aryl methyl sites for hydroxylation is 2. The molecule has 26 heavy (non-hydrogen) atoms. The molecule has 0 fully saturated rings. The summed E-state index contributed by atoms with van der Waals surface area (Å²) in [6.45, 7) is 5.66. The summed E-state index contributed by atoms with van der Waals surface area (Å²) in [6.07, 6.45) is 1.87. The molecule has 0 saturated carbocycles. The summed E-state index contributed by atoms with van der Waals surface area (Å²) in [5.74, 6) is -1.68. The van der Waals surface area contributed by atoms with Gasteiger partial charge in [-0.1, -0.05) is 64.0 Å². The second kappa shape index (κ2) is 5.81. The van der Waals surface area contributed by atoms with Crippen LogP contribution >= 0.6 is 0 Å². The van der Waals surface area contributed by atoms with Gasteiger partial charge in [-0.05, 0) is 40.6 Å². The molecule has 1 unspecified atom stereocenters. The first-order valence-corrected chi connectivity index (χ1v) is 9.12. The molecule has 0 aliphatic heterocycles. The number of rotatable bonds is 2. The van der Waals surface area contributed by atoms with Crippen molar-refractivity contribution in [3.8, 4) is 22.4 Å². The maximum absolute atomic E-state index is 8.56. The Balaban J connectivity index is 2.04. The predicted molar refractivity (Wildman–Crippen MR) is 109 cm³/mol. The third kappa shape index (κ3) is 2.34. The smallest absolute Gasteiger partial charge is 0.201 e. The Morgan fingerprint density at radius 2 is 1.81 bits per heavy atom. The lowest BCUT2D eigenvalue weighted by atomic mass is 9.81. The van der Waals surface area contributed by atoms with Crippen molar-refractivity contribution >= 4 is 0 Å². The van der Waals surface area contributed by atoms with Crippen molar-refractivity contribution in [2.45, 2.75) is 45.9 Å². The average Bonchev–Trinajstić information content (AvgIpc) is 2.89. The Kier molecular flexibility index (Phi) is 2.87. The van der Waals surface area contributed by atoms with E-state index < -0.39 is 12.7 Å². The number of nitrogens with zero attached hydrogens (tertiary/aromatic N) is 1. The molecule has 0 saturated heterocycles. The van der Waals surface area contributed by atoms with Crippen molar-refractivity contribution < 1.29 is 10.1 Å². The van der Waals surface area contributed by atoms with Crippen LogP contribution in [0.4, 0.5) is 0 Å². The normalized spacial score (nSPS) is 19.4. The number of pyridine rings is 1. The number of hydrogen-bond donors (Lipinski definition) is 0. The maximum atomic E-state index is 8.56. The fourth-order valence-corrected chi connectivity index (χ4v) is 4.28. The topological polar surface area (TPSA) is 3.88 Å². The van der Waals surface area contributed by atoms with Gasteiger partial charge in [-0.3, -0.25) is 0 Å². The van der Waals surface area contributed by atoms with Crippen LogP contribution in [0.3, 0.4) is 0 Å². The number of aromatic nitrogens is 1. The first-order chi connectivity index (χ1) is 13.9. The third-order valence-electron chi connectivity index (χ3n) is 5.80. The summed E-state index contributed by atoms with van der Waals surface area (Å²) in [4.78, 5) is 0. The van der Waals surface area contributed by atoms with Crippen LogP contribution in [0, 0.1) is 6.92 Å². The maximum Gasteiger partial charge on any atom is 0.213 e. The molecule has 1 atom stereocenters. The number of benzene rings is 2. The second-order valence-electron chi connectivity index (χ2n) is 7.89. The van der Waals surface area contributed by atoms with Crippen molar-refractivity contribution in [1.82, 2.24) is 0 Å². The van der Waals surface area contributed by atoms with Gasteiger partial charge in [0.05, 0.1) is 5.56 Å². The lowest BCUT2D eigenvalue weighted by Gasteiger charge is -2.22. The van der Waals surface area contributed by atoms with Crippen molar-refractivity contribution in [3.63, 3.8) is 0 Å². The standard InChI is InChI=1S/C25H28N/c1-16(2)18-13-14-26(6)22(15-18)23-17(3)11-12-21-24(23)19-9-7-8-10-20(19)25(21,4)5/h7-16H,1-6H3/q+1/i1D3,16D. The molecular weight excluding hydrogens is 314 g/mol. The molecule has 4 rings (SSSR count). The molecule has 0 spiro atoms. The molecule has 1 heteroatoms. The first kappa shape index (κ1) is 12.9. The van der Waals surface area contributed by atoms with Crippen LogP contribution in [0.5, 0.6) is 0 Å². The van der Waals surface area contributed by atoms with E-state index in [1.54, 1.807) is 6.07 Å². The van der Waals surface area contributed by atoms with E-state index in [-0.39, 0.29) is 5.41 Å². The van der Waals surface area contributed by atoms with Gasteiger partial charge in [-0.15, -0.1) is 0 Å². The Hall–Kier alpha value is -2.41. The minimum Gasteiger partial charge on any atom is -0.201 e. The van der Waals surface area contributed by atoms with Crippen LogP contribution < -0.4 is 4.57 Å². The van der Waals surface area contributed by atoms with E-state index in [0.29, 0.717) is 5.56 Å².